The van der Waals surface area contributed by atoms with E-state index in [2.05, 4.69) is 0 Å². The Bertz CT molecular complexity index is 960. The molecule has 0 spiro atoms. The van der Waals surface area contributed by atoms with E-state index in [9.17, 15) is 14.7 Å². The summed E-state index contributed by atoms with van der Waals surface area (Å²) in [4.78, 5) is 27.6. The maximum absolute atomic E-state index is 13.0. The van der Waals surface area contributed by atoms with Crippen LogP contribution in [0.5, 0.6) is 11.5 Å². The Kier molecular flexibility index (Phi) is 7.00. The third-order valence-electron chi connectivity index (χ3n) is 5.22. The number of Topliss-reactive ketones (excluding diaryl/α,β-unsaturated/α-hetero) is 1. The number of aliphatic hydroxyl groups is 1. The van der Waals surface area contributed by atoms with Crippen molar-refractivity contribution in [3.63, 3.8) is 0 Å². The Balaban J connectivity index is 1.99. The first-order chi connectivity index (χ1) is 14.8. The summed E-state index contributed by atoms with van der Waals surface area (Å²) in [6.07, 6.45) is 0.260. The molecule has 0 fully saturated rings. The summed E-state index contributed by atoms with van der Waals surface area (Å²) in [5.41, 5.74) is 1.79. The van der Waals surface area contributed by atoms with Crippen LogP contribution in [0.25, 0.3) is 0 Å². The Hall–Kier alpha value is -3.28. The molecule has 2 aromatic carbocycles. The number of amides is 1. The van der Waals surface area contributed by atoms with Crippen molar-refractivity contribution in [2.45, 2.75) is 39.8 Å². The van der Waals surface area contributed by atoms with Gasteiger partial charge in [0.25, 0.3) is 5.91 Å². The maximum Gasteiger partial charge on any atom is 0.290 e. The minimum Gasteiger partial charge on any atom is -0.503 e. The van der Waals surface area contributed by atoms with Gasteiger partial charge < -0.3 is 19.5 Å². The van der Waals surface area contributed by atoms with E-state index in [1.54, 1.807) is 12.0 Å². The number of aliphatic hydroxyl groups excluding tert-OH is 1. The zero-order valence-corrected chi connectivity index (χ0v) is 18.4. The summed E-state index contributed by atoms with van der Waals surface area (Å²) in [6, 6.07) is 14.0. The van der Waals surface area contributed by atoms with Crippen LogP contribution in [0.4, 0.5) is 0 Å². The summed E-state index contributed by atoms with van der Waals surface area (Å²) in [6.45, 7) is 6.58. The van der Waals surface area contributed by atoms with Gasteiger partial charge in [0.2, 0.25) is 0 Å². The maximum atomic E-state index is 13.0. The van der Waals surface area contributed by atoms with Crippen molar-refractivity contribution in [3.8, 4) is 11.5 Å². The third kappa shape index (κ3) is 4.90. The third-order valence-corrected chi connectivity index (χ3v) is 5.22. The molecule has 0 saturated heterocycles. The molecule has 0 aliphatic carbocycles. The van der Waals surface area contributed by atoms with Crippen molar-refractivity contribution in [2.75, 3.05) is 13.7 Å². The topological polar surface area (TPSA) is 76.1 Å². The van der Waals surface area contributed by atoms with E-state index in [0.29, 0.717) is 18.1 Å². The summed E-state index contributed by atoms with van der Waals surface area (Å²) in [5.74, 6) is 0.324. The van der Waals surface area contributed by atoms with E-state index < -0.39 is 17.7 Å². The normalized spacial score (nSPS) is 16.2. The highest BCUT2D eigenvalue weighted by atomic mass is 16.5. The predicted molar refractivity (Wildman–Crippen MR) is 118 cm³/mol. The van der Waals surface area contributed by atoms with Crippen LogP contribution in [-0.2, 0) is 16.1 Å². The molecule has 1 aliphatic heterocycles. The van der Waals surface area contributed by atoms with Gasteiger partial charge in [0.15, 0.2) is 11.5 Å². The summed E-state index contributed by atoms with van der Waals surface area (Å²) < 4.78 is 10.7. The van der Waals surface area contributed by atoms with Gasteiger partial charge in [-0.1, -0.05) is 38.1 Å². The fourth-order valence-electron chi connectivity index (χ4n) is 3.77. The van der Waals surface area contributed by atoms with E-state index >= 15 is 0 Å². The molecule has 1 heterocycles. The number of hydrogen-bond donors (Lipinski definition) is 1. The molecular formula is C25H29NO5. The minimum absolute atomic E-state index is 0.111. The summed E-state index contributed by atoms with van der Waals surface area (Å²) >= 11 is 0. The molecule has 1 unspecified atom stereocenters. The Morgan fingerprint density at radius 3 is 2.23 bits per heavy atom. The number of benzene rings is 2. The Morgan fingerprint density at radius 1 is 1.06 bits per heavy atom. The Morgan fingerprint density at radius 2 is 1.68 bits per heavy atom. The number of ketones is 1. The van der Waals surface area contributed by atoms with Crippen molar-refractivity contribution in [2.24, 2.45) is 5.92 Å². The smallest absolute Gasteiger partial charge is 0.290 e. The van der Waals surface area contributed by atoms with Gasteiger partial charge in [-0.15, -0.1) is 0 Å². The molecule has 164 valence electrons. The monoisotopic (exact) mass is 423 g/mol. The number of hydrogen-bond acceptors (Lipinski definition) is 5. The van der Waals surface area contributed by atoms with Gasteiger partial charge >= 0.3 is 0 Å². The van der Waals surface area contributed by atoms with Crippen molar-refractivity contribution < 1.29 is 24.2 Å². The second-order valence-electron chi connectivity index (χ2n) is 7.97. The van der Waals surface area contributed by atoms with Crippen molar-refractivity contribution >= 4 is 11.7 Å². The lowest BCUT2D eigenvalue weighted by molar-refractivity contribution is -0.130. The first kappa shape index (κ1) is 22.4. The van der Waals surface area contributed by atoms with Crippen molar-refractivity contribution in [1.82, 2.24) is 4.90 Å². The molecule has 0 bridgehead atoms. The number of nitrogens with zero attached hydrogens (tertiary/aromatic N) is 1. The average Bonchev–Trinajstić information content (AvgIpc) is 2.99. The molecule has 1 N–H and O–H groups in total. The van der Waals surface area contributed by atoms with E-state index in [1.165, 1.54) is 0 Å². The lowest BCUT2D eigenvalue weighted by atomic mass is 9.92. The summed E-state index contributed by atoms with van der Waals surface area (Å²) in [7, 11) is 1.59. The lowest BCUT2D eigenvalue weighted by Gasteiger charge is -2.27. The van der Waals surface area contributed by atoms with Crippen molar-refractivity contribution in [3.05, 3.63) is 71.0 Å². The lowest BCUT2D eigenvalue weighted by Crippen LogP contribution is -2.30. The van der Waals surface area contributed by atoms with Gasteiger partial charge in [0.1, 0.15) is 11.5 Å². The average molecular weight is 424 g/mol. The highest BCUT2D eigenvalue weighted by molar-refractivity contribution is 6.09. The van der Waals surface area contributed by atoms with Crippen molar-refractivity contribution in [1.29, 1.82) is 0 Å². The molecular weight excluding hydrogens is 394 g/mol. The highest BCUT2D eigenvalue weighted by Gasteiger charge is 2.43. The molecule has 31 heavy (non-hydrogen) atoms. The minimum atomic E-state index is -0.656. The van der Waals surface area contributed by atoms with Gasteiger partial charge in [-0.2, -0.15) is 0 Å². The van der Waals surface area contributed by atoms with Crippen LogP contribution in [0.1, 0.15) is 44.4 Å². The van der Waals surface area contributed by atoms with Crippen LogP contribution in [-0.4, -0.2) is 35.4 Å². The van der Waals surface area contributed by atoms with Gasteiger partial charge in [0, 0.05) is 13.0 Å². The van der Waals surface area contributed by atoms with Crippen LogP contribution in [0.2, 0.25) is 0 Å². The van der Waals surface area contributed by atoms with E-state index in [4.69, 9.17) is 9.47 Å². The summed E-state index contributed by atoms with van der Waals surface area (Å²) in [5, 5.41) is 10.7. The Labute approximate surface area is 183 Å². The van der Waals surface area contributed by atoms with Crippen LogP contribution in [0.3, 0.4) is 0 Å². The van der Waals surface area contributed by atoms with E-state index in [0.717, 1.165) is 11.1 Å². The molecule has 0 aromatic heterocycles. The zero-order chi connectivity index (χ0) is 22.5. The molecule has 0 radical (unpaired) electrons. The number of methoxy groups -OCH3 is 1. The van der Waals surface area contributed by atoms with E-state index in [-0.39, 0.29) is 30.2 Å². The first-order valence-corrected chi connectivity index (χ1v) is 10.5. The fourth-order valence-corrected chi connectivity index (χ4v) is 3.77. The van der Waals surface area contributed by atoms with Gasteiger partial charge in [-0.3, -0.25) is 9.59 Å². The number of carbonyl (C=O) groups excluding carboxylic acids is 2. The highest BCUT2D eigenvalue weighted by Crippen LogP contribution is 2.40. The molecule has 2 aromatic rings. The molecule has 1 amide bonds. The first-order valence-electron chi connectivity index (χ1n) is 10.5. The number of carbonyl (C=O) groups is 2. The molecule has 0 saturated carbocycles. The molecule has 6 nitrogen and oxygen atoms in total. The predicted octanol–water partition coefficient (Wildman–Crippen LogP) is 4.60. The van der Waals surface area contributed by atoms with Crippen LogP contribution in [0.15, 0.2) is 59.9 Å². The standard InChI is InChI=1S/C25H29NO5/c1-5-31-20-12-8-18(9-13-20)23-22(21(27)14-16(2)3)24(28)25(29)26(23)15-17-6-10-19(30-4)11-7-17/h6-13,16,23,28H,5,14-15H2,1-4H3. The zero-order valence-electron chi connectivity index (χ0n) is 18.4. The number of rotatable bonds is 9. The molecule has 6 heteroatoms. The van der Waals surface area contributed by atoms with Crippen LogP contribution >= 0.6 is 0 Å². The van der Waals surface area contributed by atoms with Crippen LogP contribution in [0, 0.1) is 5.92 Å². The quantitative estimate of drug-likeness (QED) is 0.638. The van der Waals surface area contributed by atoms with Crippen LogP contribution < -0.4 is 9.47 Å². The number of ether oxygens (including phenoxy) is 2. The molecule has 3 rings (SSSR count). The van der Waals surface area contributed by atoms with Gasteiger partial charge in [-0.05, 0) is 48.2 Å². The largest absolute Gasteiger partial charge is 0.503 e. The molecule has 1 aliphatic rings. The fraction of sp³-hybridized carbons (Fsp3) is 0.360. The van der Waals surface area contributed by atoms with E-state index in [1.807, 2.05) is 69.3 Å². The molecule has 1 atom stereocenters. The second-order valence-corrected chi connectivity index (χ2v) is 7.97. The second kappa shape index (κ2) is 9.69. The van der Waals surface area contributed by atoms with Gasteiger partial charge in [-0.25, -0.2) is 0 Å². The van der Waals surface area contributed by atoms with Gasteiger partial charge in [0.05, 0.1) is 25.3 Å². The SMILES string of the molecule is CCOc1ccc(C2C(C(=O)CC(C)C)=C(O)C(=O)N2Cc2ccc(OC)cc2)cc1.